The van der Waals surface area contributed by atoms with Crippen LogP contribution in [0.5, 0.6) is 0 Å². The van der Waals surface area contributed by atoms with Gasteiger partial charge in [-0.2, -0.15) is 0 Å². The van der Waals surface area contributed by atoms with Crippen LogP contribution in [0.15, 0.2) is 46.4 Å². The number of aliphatic imine (C=N–C) groups is 2. The molecule has 0 spiro atoms. The zero-order valence-electron chi connectivity index (χ0n) is 29.6. The van der Waals surface area contributed by atoms with Crippen molar-refractivity contribution in [2.45, 2.75) is 87.7 Å². The summed E-state index contributed by atoms with van der Waals surface area (Å²) in [5.74, 6) is 4.49. The average Bonchev–Trinajstić information content (AvgIpc) is 3.53. The van der Waals surface area contributed by atoms with Gasteiger partial charge in [-0.05, 0) is 67.2 Å². The Morgan fingerprint density at radius 1 is 0.723 bits per heavy atom. The number of amidine groups is 2. The number of nitro groups is 2. The van der Waals surface area contributed by atoms with Gasteiger partial charge in [0.25, 0.3) is 11.4 Å². The van der Waals surface area contributed by atoms with Crippen LogP contribution in [0, 0.1) is 57.7 Å². The second kappa shape index (κ2) is 17.3. The fraction of sp³-hybridized carbons (Fsp3) is 0.600. The molecule has 2 aliphatic heterocycles. The summed E-state index contributed by atoms with van der Waals surface area (Å²) in [5.41, 5.74) is 3.55. The van der Waals surface area contributed by atoms with Crippen LogP contribution >= 0.6 is 23.5 Å². The third kappa shape index (κ3) is 11.0. The van der Waals surface area contributed by atoms with E-state index in [1.54, 1.807) is 47.8 Å². The standard InChI is InChI=1S/C18H27N3O2S.C17H25N3O2S/c1-12(2)8-16-11-24-18(20(16)10-13(3)4)19-17-7-6-15(21(22)23)9-14(17)5;1-11(2)9-19-16(12(3)4)10-23-17(19)18-15-7-6-14(20(21)22)8-13(15)5/h6-7,9,12-13,16H,8,10-11H2,1-5H3;6-8,11-12,16H,9-10H2,1-5H3/b19-18-;18-17-/t2*16-/m01/s1. The molecular formula is C35H52N6O4S2. The Labute approximate surface area is 289 Å². The number of nitro benzene ring substituents is 2. The summed E-state index contributed by atoms with van der Waals surface area (Å²) in [6.45, 7) is 23.6. The number of hydrogen-bond acceptors (Lipinski definition) is 8. The van der Waals surface area contributed by atoms with E-state index >= 15 is 0 Å². The molecule has 2 fully saturated rings. The Morgan fingerprint density at radius 2 is 1.17 bits per heavy atom. The maximum atomic E-state index is 10.9. The SMILES string of the molecule is Cc1cc([N+](=O)[O-])ccc1/N=C1\SC[C@H](C(C)C)N1CC(C)C.Cc1cc([N+](=O)[O-])ccc1/N=C1\SC[C@H](CC(C)C)N1CC(C)C. The Balaban J connectivity index is 0.000000256. The van der Waals surface area contributed by atoms with Crippen molar-refractivity contribution in [1.82, 2.24) is 9.80 Å². The minimum atomic E-state index is -0.367. The molecule has 0 bridgehead atoms. The quantitative estimate of drug-likeness (QED) is 0.170. The molecule has 2 heterocycles. The summed E-state index contributed by atoms with van der Waals surface area (Å²) in [6.07, 6.45) is 1.16. The van der Waals surface area contributed by atoms with E-state index < -0.39 is 0 Å². The maximum Gasteiger partial charge on any atom is 0.269 e. The normalized spacial score (nSPS) is 19.9. The van der Waals surface area contributed by atoms with Crippen molar-refractivity contribution in [3.05, 3.63) is 67.8 Å². The van der Waals surface area contributed by atoms with Crippen LogP contribution in [-0.4, -0.2) is 66.7 Å². The third-order valence-electron chi connectivity index (χ3n) is 7.97. The number of non-ortho nitro benzene ring substituents is 2. The molecule has 4 rings (SSSR count). The molecule has 10 nitrogen and oxygen atoms in total. The topological polar surface area (TPSA) is 117 Å². The molecule has 2 aromatic carbocycles. The average molecular weight is 685 g/mol. The summed E-state index contributed by atoms with van der Waals surface area (Å²) >= 11 is 3.58. The maximum absolute atomic E-state index is 10.9. The van der Waals surface area contributed by atoms with E-state index in [-0.39, 0.29) is 21.2 Å². The summed E-state index contributed by atoms with van der Waals surface area (Å²) in [7, 11) is 0. The van der Waals surface area contributed by atoms with Gasteiger partial charge in [0.2, 0.25) is 0 Å². The molecule has 2 aliphatic rings. The molecule has 0 unspecified atom stereocenters. The van der Waals surface area contributed by atoms with Crippen molar-refractivity contribution >= 4 is 56.6 Å². The highest BCUT2D eigenvalue weighted by Crippen LogP contribution is 2.34. The van der Waals surface area contributed by atoms with Crippen LogP contribution < -0.4 is 0 Å². The molecule has 0 aromatic heterocycles. The minimum absolute atomic E-state index is 0.115. The van der Waals surface area contributed by atoms with Crippen LogP contribution in [0.2, 0.25) is 0 Å². The van der Waals surface area contributed by atoms with Crippen LogP contribution in [-0.2, 0) is 0 Å². The van der Waals surface area contributed by atoms with Gasteiger partial charge in [-0.25, -0.2) is 9.98 Å². The van der Waals surface area contributed by atoms with Crippen LogP contribution in [0.3, 0.4) is 0 Å². The van der Waals surface area contributed by atoms with E-state index in [1.807, 2.05) is 13.8 Å². The molecule has 0 aliphatic carbocycles. The van der Waals surface area contributed by atoms with Gasteiger partial charge in [0.05, 0.1) is 21.2 Å². The lowest BCUT2D eigenvalue weighted by Crippen LogP contribution is -2.39. The Kier molecular flexibility index (Phi) is 14.1. The number of thioether (sulfide) groups is 2. The van der Waals surface area contributed by atoms with E-state index in [2.05, 4.69) is 65.2 Å². The molecule has 0 N–H and O–H groups in total. The third-order valence-corrected chi connectivity index (χ3v) is 10.2. The fourth-order valence-electron chi connectivity index (χ4n) is 5.65. The van der Waals surface area contributed by atoms with Crippen molar-refractivity contribution in [3.63, 3.8) is 0 Å². The molecule has 0 saturated carbocycles. The number of nitrogens with zero attached hydrogens (tertiary/aromatic N) is 6. The number of rotatable bonds is 11. The number of benzene rings is 2. The molecule has 47 heavy (non-hydrogen) atoms. The molecule has 2 aromatic rings. The molecular weight excluding hydrogens is 633 g/mol. The van der Waals surface area contributed by atoms with E-state index in [0.717, 1.165) is 63.9 Å². The smallest absolute Gasteiger partial charge is 0.269 e. The zero-order valence-corrected chi connectivity index (χ0v) is 31.2. The van der Waals surface area contributed by atoms with Crippen molar-refractivity contribution in [2.75, 3.05) is 24.6 Å². The second-order valence-corrected chi connectivity index (χ2v) is 16.0. The minimum Gasteiger partial charge on any atom is -0.347 e. The lowest BCUT2D eigenvalue weighted by Gasteiger charge is -2.30. The van der Waals surface area contributed by atoms with Gasteiger partial charge < -0.3 is 9.80 Å². The highest BCUT2D eigenvalue weighted by atomic mass is 32.2. The van der Waals surface area contributed by atoms with Gasteiger partial charge in [-0.15, -0.1) is 0 Å². The lowest BCUT2D eigenvalue weighted by atomic mass is 10.0. The summed E-state index contributed by atoms with van der Waals surface area (Å²) in [6, 6.07) is 10.8. The van der Waals surface area contributed by atoms with E-state index in [4.69, 9.17) is 9.98 Å². The monoisotopic (exact) mass is 684 g/mol. The Morgan fingerprint density at radius 3 is 1.57 bits per heavy atom. The van der Waals surface area contributed by atoms with E-state index in [9.17, 15) is 20.2 Å². The first-order valence-electron chi connectivity index (χ1n) is 16.5. The van der Waals surface area contributed by atoms with Gasteiger partial charge in [0, 0.05) is 60.9 Å². The van der Waals surface area contributed by atoms with E-state index in [1.165, 1.54) is 12.1 Å². The molecule has 2 atom stereocenters. The lowest BCUT2D eigenvalue weighted by molar-refractivity contribution is -0.385. The van der Waals surface area contributed by atoms with Crippen molar-refractivity contribution in [2.24, 2.45) is 33.7 Å². The first-order chi connectivity index (χ1) is 22.1. The Bertz CT molecular complexity index is 1460. The highest BCUT2D eigenvalue weighted by molar-refractivity contribution is 8.14. The first-order valence-corrected chi connectivity index (χ1v) is 18.5. The largest absolute Gasteiger partial charge is 0.347 e. The zero-order chi connectivity index (χ0) is 35.0. The predicted octanol–water partition coefficient (Wildman–Crippen LogP) is 9.63. The van der Waals surface area contributed by atoms with Gasteiger partial charge in [-0.3, -0.25) is 20.2 Å². The van der Waals surface area contributed by atoms with Crippen LogP contribution in [0.25, 0.3) is 0 Å². The van der Waals surface area contributed by atoms with Crippen molar-refractivity contribution < 1.29 is 9.85 Å². The summed E-state index contributed by atoms with van der Waals surface area (Å²) < 4.78 is 0. The molecule has 12 heteroatoms. The fourth-order valence-corrected chi connectivity index (χ4v) is 8.28. The van der Waals surface area contributed by atoms with Crippen molar-refractivity contribution in [3.8, 4) is 0 Å². The van der Waals surface area contributed by atoms with Gasteiger partial charge >= 0.3 is 0 Å². The van der Waals surface area contributed by atoms with Gasteiger partial charge in [0.15, 0.2) is 10.3 Å². The molecule has 258 valence electrons. The van der Waals surface area contributed by atoms with E-state index in [0.29, 0.717) is 35.8 Å². The molecule has 0 radical (unpaired) electrons. The van der Waals surface area contributed by atoms with Crippen LogP contribution in [0.1, 0.15) is 72.9 Å². The predicted molar refractivity (Wildman–Crippen MR) is 200 cm³/mol. The Hall–Kier alpha value is -3.12. The second-order valence-electron chi connectivity index (χ2n) is 14.1. The van der Waals surface area contributed by atoms with Gasteiger partial charge in [-0.1, -0.05) is 78.9 Å². The molecule has 2 saturated heterocycles. The van der Waals surface area contributed by atoms with Gasteiger partial charge in [0.1, 0.15) is 0 Å². The summed E-state index contributed by atoms with van der Waals surface area (Å²) in [4.78, 5) is 35.5. The van der Waals surface area contributed by atoms with Crippen molar-refractivity contribution in [1.29, 1.82) is 0 Å². The number of aryl methyl sites for hydroxylation is 2. The van der Waals surface area contributed by atoms with Crippen LogP contribution in [0.4, 0.5) is 22.7 Å². The summed E-state index contributed by atoms with van der Waals surface area (Å²) in [5, 5.41) is 23.8. The highest BCUT2D eigenvalue weighted by Gasteiger charge is 2.33. The molecule has 0 amide bonds. The first kappa shape index (κ1) is 38.3. The number of hydrogen-bond donors (Lipinski definition) is 0.